The van der Waals surface area contributed by atoms with E-state index in [1.54, 1.807) is 12.3 Å². The molecule has 1 aromatic heterocycles. The summed E-state index contributed by atoms with van der Waals surface area (Å²) < 4.78 is 11.0. The molecule has 0 bridgehead atoms. The number of aromatic nitrogens is 1. The van der Waals surface area contributed by atoms with Gasteiger partial charge in [0, 0.05) is 37.4 Å². The maximum atomic E-state index is 12.3. The van der Waals surface area contributed by atoms with Crippen LogP contribution < -0.4 is 10.1 Å². The van der Waals surface area contributed by atoms with Gasteiger partial charge in [0.2, 0.25) is 5.88 Å². The van der Waals surface area contributed by atoms with Crippen molar-refractivity contribution >= 4 is 5.91 Å². The van der Waals surface area contributed by atoms with Gasteiger partial charge in [0.05, 0.1) is 0 Å². The SMILES string of the molecule is Cc1cc(C)cc(C2(CNC(=O)COc3ccccn3)CCOCC2)c1. The van der Waals surface area contributed by atoms with Crippen LogP contribution >= 0.6 is 0 Å². The van der Waals surface area contributed by atoms with Crippen molar-refractivity contribution in [3.8, 4) is 5.88 Å². The van der Waals surface area contributed by atoms with Crippen LogP contribution in [0.5, 0.6) is 5.88 Å². The van der Waals surface area contributed by atoms with E-state index in [0.717, 1.165) is 12.8 Å². The summed E-state index contributed by atoms with van der Waals surface area (Å²) in [7, 11) is 0. The zero-order valence-electron chi connectivity index (χ0n) is 15.5. The highest BCUT2D eigenvalue weighted by Crippen LogP contribution is 2.35. The van der Waals surface area contributed by atoms with Crippen LogP contribution in [0.4, 0.5) is 0 Å². The number of aryl methyl sites for hydroxylation is 2. The second-order valence-electron chi connectivity index (χ2n) is 7.00. The van der Waals surface area contributed by atoms with Gasteiger partial charge in [-0.25, -0.2) is 4.98 Å². The Labute approximate surface area is 154 Å². The predicted octanol–water partition coefficient (Wildman–Crippen LogP) is 2.94. The third kappa shape index (κ3) is 4.61. The number of pyridine rings is 1. The second-order valence-corrected chi connectivity index (χ2v) is 7.00. The van der Waals surface area contributed by atoms with Crippen LogP contribution in [-0.2, 0) is 14.9 Å². The zero-order chi connectivity index (χ0) is 18.4. The fraction of sp³-hybridized carbons (Fsp3) is 0.429. The summed E-state index contributed by atoms with van der Waals surface area (Å²) in [6, 6.07) is 12.0. The molecule has 1 aliphatic heterocycles. The van der Waals surface area contributed by atoms with Crippen molar-refractivity contribution in [2.24, 2.45) is 0 Å². The number of carbonyl (C=O) groups is 1. The number of rotatable bonds is 6. The fourth-order valence-electron chi connectivity index (χ4n) is 3.50. The first-order chi connectivity index (χ1) is 12.6. The standard InChI is InChI=1S/C21H26N2O3/c1-16-11-17(2)13-18(12-16)21(6-9-25-10-7-21)15-23-19(24)14-26-20-5-3-4-8-22-20/h3-5,8,11-13H,6-7,9-10,14-15H2,1-2H3,(H,23,24). The minimum atomic E-state index is -0.133. The van der Waals surface area contributed by atoms with Gasteiger partial charge >= 0.3 is 0 Å². The van der Waals surface area contributed by atoms with Gasteiger partial charge < -0.3 is 14.8 Å². The Kier molecular flexibility index (Phi) is 5.89. The van der Waals surface area contributed by atoms with Gasteiger partial charge in [-0.15, -0.1) is 0 Å². The van der Waals surface area contributed by atoms with Gasteiger partial charge in [-0.2, -0.15) is 0 Å². The lowest BCUT2D eigenvalue weighted by Crippen LogP contribution is -2.45. The minimum absolute atomic E-state index is 0.0313. The van der Waals surface area contributed by atoms with Crippen LogP contribution in [-0.4, -0.2) is 37.3 Å². The van der Waals surface area contributed by atoms with Gasteiger partial charge in [-0.05, 0) is 38.3 Å². The summed E-state index contributed by atoms with van der Waals surface area (Å²) >= 11 is 0. The highest BCUT2D eigenvalue weighted by atomic mass is 16.5. The Morgan fingerprint density at radius 1 is 1.19 bits per heavy atom. The first-order valence-electron chi connectivity index (χ1n) is 9.04. The van der Waals surface area contributed by atoms with Crippen molar-refractivity contribution in [1.82, 2.24) is 10.3 Å². The lowest BCUT2D eigenvalue weighted by Gasteiger charge is -2.38. The summed E-state index contributed by atoms with van der Waals surface area (Å²) in [6.45, 7) is 6.21. The van der Waals surface area contributed by atoms with Gasteiger partial charge in [-0.3, -0.25) is 4.79 Å². The summed E-state index contributed by atoms with van der Waals surface area (Å²) in [5.74, 6) is 0.323. The molecule has 2 heterocycles. The average molecular weight is 354 g/mol. The molecular weight excluding hydrogens is 328 g/mol. The first kappa shape index (κ1) is 18.4. The van der Waals surface area contributed by atoms with Crippen LogP contribution in [0.1, 0.15) is 29.5 Å². The molecular formula is C21H26N2O3. The number of ether oxygens (including phenoxy) is 2. The highest BCUT2D eigenvalue weighted by molar-refractivity contribution is 5.77. The van der Waals surface area contributed by atoms with E-state index in [0.29, 0.717) is 25.6 Å². The molecule has 5 heteroatoms. The van der Waals surface area contributed by atoms with E-state index < -0.39 is 0 Å². The van der Waals surface area contributed by atoms with Crippen molar-refractivity contribution in [3.63, 3.8) is 0 Å². The molecule has 26 heavy (non-hydrogen) atoms. The van der Waals surface area contributed by atoms with E-state index in [1.807, 2.05) is 12.1 Å². The predicted molar refractivity (Wildman–Crippen MR) is 100 cm³/mol. The summed E-state index contributed by atoms with van der Waals surface area (Å²) in [5, 5.41) is 3.05. The molecule has 0 radical (unpaired) electrons. The van der Waals surface area contributed by atoms with E-state index >= 15 is 0 Å². The van der Waals surface area contributed by atoms with E-state index in [9.17, 15) is 4.79 Å². The molecule has 0 atom stereocenters. The monoisotopic (exact) mass is 354 g/mol. The number of nitrogens with zero attached hydrogens (tertiary/aromatic N) is 1. The van der Waals surface area contributed by atoms with Gasteiger partial charge in [0.25, 0.3) is 5.91 Å². The third-order valence-corrected chi connectivity index (χ3v) is 4.90. The van der Waals surface area contributed by atoms with E-state index in [-0.39, 0.29) is 17.9 Å². The van der Waals surface area contributed by atoms with Crippen LogP contribution in [0.2, 0.25) is 0 Å². The number of carbonyl (C=O) groups excluding carboxylic acids is 1. The molecule has 0 saturated carbocycles. The van der Waals surface area contributed by atoms with Crippen molar-refractivity contribution in [3.05, 3.63) is 59.3 Å². The number of nitrogens with one attached hydrogen (secondary N) is 1. The summed E-state index contributed by atoms with van der Waals surface area (Å²) in [5.41, 5.74) is 3.69. The zero-order valence-corrected chi connectivity index (χ0v) is 15.5. The van der Waals surface area contributed by atoms with Crippen molar-refractivity contribution in [1.29, 1.82) is 0 Å². The molecule has 1 amide bonds. The Balaban J connectivity index is 1.66. The van der Waals surface area contributed by atoms with Crippen LogP contribution in [0, 0.1) is 13.8 Å². The topological polar surface area (TPSA) is 60.5 Å². The molecule has 1 N–H and O–H groups in total. The van der Waals surface area contributed by atoms with Crippen LogP contribution in [0.25, 0.3) is 0 Å². The molecule has 0 unspecified atom stereocenters. The first-order valence-corrected chi connectivity index (χ1v) is 9.04. The Hall–Kier alpha value is -2.40. The number of hydrogen-bond donors (Lipinski definition) is 1. The van der Waals surface area contributed by atoms with Crippen molar-refractivity contribution in [2.75, 3.05) is 26.4 Å². The van der Waals surface area contributed by atoms with Crippen LogP contribution in [0.3, 0.4) is 0 Å². The molecule has 2 aromatic rings. The number of benzene rings is 1. The minimum Gasteiger partial charge on any atom is -0.468 e. The maximum Gasteiger partial charge on any atom is 0.258 e. The van der Waals surface area contributed by atoms with Crippen molar-refractivity contribution < 1.29 is 14.3 Å². The van der Waals surface area contributed by atoms with Gasteiger partial charge in [-0.1, -0.05) is 35.4 Å². The average Bonchev–Trinajstić information content (AvgIpc) is 2.65. The molecule has 0 aliphatic carbocycles. The molecule has 1 aromatic carbocycles. The lowest BCUT2D eigenvalue weighted by atomic mass is 9.73. The third-order valence-electron chi connectivity index (χ3n) is 4.90. The second kappa shape index (κ2) is 8.32. The number of amides is 1. The molecule has 5 nitrogen and oxygen atoms in total. The van der Waals surface area contributed by atoms with E-state index in [1.165, 1.54) is 16.7 Å². The summed E-state index contributed by atoms with van der Waals surface area (Å²) in [4.78, 5) is 16.3. The van der Waals surface area contributed by atoms with E-state index in [4.69, 9.17) is 9.47 Å². The van der Waals surface area contributed by atoms with Gasteiger partial charge in [0.15, 0.2) is 6.61 Å². The molecule has 1 fully saturated rings. The fourth-order valence-corrected chi connectivity index (χ4v) is 3.50. The Morgan fingerprint density at radius 3 is 2.58 bits per heavy atom. The van der Waals surface area contributed by atoms with Crippen molar-refractivity contribution in [2.45, 2.75) is 32.1 Å². The quantitative estimate of drug-likeness (QED) is 0.866. The molecule has 138 valence electrons. The molecule has 3 rings (SSSR count). The maximum absolute atomic E-state index is 12.3. The molecule has 1 aliphatic rings. The highest BCUT2D eigenvalue weighted by Gasteiger charge is 2.35. The molecule has 0 spiro atoms. The Bertz CT molecular complexity index is 720. The van der Waals surface area contributed by atoms with Crippen LogP contribution in [0.15, 0.2) is 42.6 Å². The smallest absolute Gasteiger partial charge is 0.258 e. The largest absolute Gasteiger partial charge is 0.468 e. The Morgan fingerprint density at radius 2 is 1.92 bits per heavy atom. The van der Waals surface area contributed by atoms with E-state index in [2.05, 4.69) is 42.3 Å². The molecule has 1 saturated heterocycles. The van der Waals surface area contributed by atoms with Gasteiger partial charge in [0.1, 0.15) is 0 Å². The normalized spacial score (nSPS) is 16.1. The lowest BCUT2D eigenvalue weighted by molar-refractivity contribution is -0.123. The number of hydrogen-bond acceptors (Lipinski definition) is 4. The summed E-state index contributed by atoms with van der Waals surface area (Å²) in [6.07, 6.45) is 3.44.